The highest BCUT2D eigenvalue weighted by Crippen LogP contribution is 2.65. The number of allylic oxidation sites excluding steroid dienone is 2. The molecule has 0 bridgehead atoms. The highest BCUT2D eigenvalue weighted by molar-refractivity contribution is 7.22. The molecule has 6 aromatic rings. The van der Waals surface area contributed by atoms with Crippen molar-refractivity contribution in [3.8, 4) is 16.3 Å². The van der Waals surface area contributed by atoms with Crippen LogP contribution in [0.2, 0.25) is 10.0 Å². The smallest absolute Gasteiger partial charge is 0.433 e. The lowest BCUT2D eigenvalue weighted by molar-refractivity contribution is -0.141. The molecule has 10 rings (SSSR count). The van der Waals surface area contributed by atoms with Crippen molar-refractivity contribution in [3.05, 3.63) is 111 Å². The first-order chi connectivity index (χ1) is 29.4. The fraction of sp³-hybridized carbons (Fsp3) is 0.289. The Balaban J connectivity index is 1.09. The Bertz CT molecular complexity index is 3020. The molecule has 6 unspecified atom stereocenters. The number of halogens is 5. The number of fused-ring (bicyclic) bond motifs is 6. The Labute approximate surface area is 365 Å². The molecule has 1 saturated carbocycles. The summed E-state index contributed by atoms with van der Waals surface area (Å²) in [7, 11) is 2.91. The average Bonchev–Trinajstić information content (AvgIpc) is 3.90. The lowest BCUT2D eigenvalue weighted by Gasteiger charge is -2.49. The van der Waals surface area contributed by atoms with Crippen LogP contribution < -0.4 is 9.91 Å². The zero-order chi connectivity index (χ0) is 43.9. The van der Waals surface area contributed by atoms with Gasteiger partial charge in [0.05, 0.1) is 33.1 Å². The number of phenolic OH excluding ortho intramolecular Hbond substituents is 1. The number of nitrogens with zero attached hydrogens (tertiary/aromatic N) is 6. The number of carbonyl (C=O) groups excluding carboxylic acids is 4. The number of aryl methyl sites for hydroxylation is 2. The Morgan fingerprint density at radius 2 is 1.69 bits per heavy atom. The molecule has 0 radical (unpaired) electrons. The zero-order valence-corrected chi connectivity index (χ0v) is 35.7. The molecule has 2 aliphatic heterocycles. The van der Waals surface area contributed by atoms with Crippen molar-refractivity contribution >= 4 is 90.7 Å². The summed E-state index contributed by atoms with van der Waals surface area (Å²) in [4.78, 5) is 65.2. The average molecular weight is 900 g/mol. The first-order valence-corrected chi connectivity index (χ1v) is 21.4. The van der Waals surface area contributed by atoms with E-state index in [0.29, 0.717) is 33.3 Å². The molecule has 1 N–H and O–H groups in total. The van der Waals surface area contributed by atoms with Crippen LogP contribution in [0.1, 0.15) is 42.5 Å². The highest BCUT2D eigenvalue weighted by Gasteiger charge is 2.68. The van der Waals surface area contributed by atoms with E-state index in [1.54, 1.807) is 32.2 Å². The minimum atomic E-state index is -4.83. The standard InChI is InChI=1S/C45H35Cl2F3N6O5S/c1-20-26-17-22(46)10-15-32(26)62-38(20)30-19-34(53(3)52-30)55-41(59)28-18-27-24(37(44(28,2)43(55)61)36-23-8-6-5-7-21(23)9-14-31(36)57)11-12-25-35(27)42(60)56(40(25)58)54(4)39-29(47)13-16-33(51-39)45(48,49)50/h5-11,13-17,19,25,27-28,35,37,57H,12,18H2,1-4H3. The zero-order valence-electron chi connectivity index (χ0n) is 33.4. The molecule has 2 aliphatic carbocycles. The van der Waals surface area contributed by atoms with Crippen LogP contribution in [0, 0.1) is 36.0 Å². The van der Waals surface area contributed by atoms with E-state index in [0.717, 1.165) is 46.9 Å². The lowest BCUT2D eigenvalue weighted by atomic mass is 9.51. The summed E-state index contributed by atoms with van der Waals surface area (Å²) in [6.45, 7) is 3.69. The molecule has 11 nitrogen and oxygen atoms in total. The Morgan fingerprint density at radius 3 is 2.45 bits per heavy atom. The van der Waals surface area contributed by atoms with Crippen LogP contribution in [0.25, 0.3) is 31.4 Å². The van der Waals surface area contributed by atoms with Gasteiger partial charge in [-0.1, -0.05) is 65.2 Å². The number of rotatable bonds is 5. The van der Waals surface area contributed by atoms with Crippen molar-refractivity contribution in [2.45, 2.75) is 38.8 Å². The van der Waals surface area contributed by atoms with Gasteiger partial charge in [-0.15, -0.1) is 11.3 Å². The summed E-state index contributed by atoms with van der Waals surface area (Å²) in [5.41, 5.74) is -0.243. The molecule has 17 heteroatoms. The van der Waals surface area contributed by atoms with E-state index in [2.05, 4.69) is 4.98 Å². The SMILES string of the molecule is Cc1c(-c2cc(N3C(=O)C4CC5C(=CCC6C(=O)N(N(C)c7nc(C(F)(F)F)ccc7Cl)C(=O)C65)C(c5c(O)ccc6ccccc56)C4(C)C3=O)n(C)n2)sc2ccc(Cl)cc12. The molecule has 2 saturated heterocycles. The number of benzene rings is 3. The van der Waals surface area contributed by atoms with Crippen LogP contribution in [0.4, 0.5) is 24.8 Å². The van der Waals surface area contributed by atoms with Crippen molar-refractivity contribution < 1.29 is 37.5 Å². The minimum Gasteiger partial charge on any atom is -0.508 e. The van der Waals surface area contributed by atoms with E-state index < -0.39 is 76.3 Å². The maximum atomic E-state index is 15.4. The monoisotopic (exact) mass is 898 g/mol. The van der Waals surface area contributed by atoms with Crippen molar-refractivity contribution in [1.29, 1.82) is 0 Å². The summed E-state index contributed by atoms with van der Waals surface area (Å²) in [6.07, 6.45) is -2.95. The molecule has 3 fully saturated rings. The van der Waals surface area contributed by atoms with Crippen molar-refractivity contribution in [2.75, 3.05) is 17.0 Å². The molecule has 5 heterocycles. The number of aromatic nitrogens is 3. The number of imide groups is 2. The van der Waals surface area contributed by atoms with Gasteiger partial charge in [0.25, 0.3) is 11.8 Å². The number of anilines is 2. The number of thiophene rings is 1. The number of pyridine rings is 1. The maximum Gasteiger partial charge on any atom is 0.433 e. The third kappa shape index (κ3) is 5.63. The van der Waals surface area contributed by atoms with Gasteiger partial charge in [-0.25, -0.2) is 9.88 Å². The number of hydrogen-bond donors (Lipinski definition) is 1. The van der Waals surface area contributed by atoms with E-state index >= 15 is 9.59 Å². The van der Waals surface area contributed by atoms with Crippen LogP contribution in [-0.4, -0.2) is 55.6 Å². The van der Waals surface area contributed by atoms with Crippen LogP contribution >= 0.6 is 34.5 Å². The van der Waals surface area contributed by atoms with Crippen LogP contribution in [0.15, 0.2) is 84.4 Å². The third-order valence-electron chi connectivity index (χ3n) is 13.4. The van der Waals surface area contributed by atoms with Gasteiger partial charge >= 0.3 is 6.18 Å². The Morgan fingerprint density at radius 1 is 0.935 bits per heavy atom. The lowest BCUT2D eigenvalue weighted by Crippen LogP contribution is -2.49. The van der Waals surface area contributed by atoms with Gasteiger partial charge in [0, 0.05) is 41.4 Å². The Hall–Kier alpha value is -5.77. The topological polar surface area (TPSA) is 129 Å². The summed E-state index contributed by atoms with van der Waals surface area (Å²) in [5, 5.41) is 21.1. The van der Waals surface area contributed by atoms with Crippen LogP contribution in [-0.2, 0) is 32.4 Å². The fourth-order valence-corrected chi connectivity index (χ4v) is 12.1. The van der Waals surface area contributed by atoms with Crippen molar-refractivity contribution in [1.82, 2.24) is 19.8 Å². The van der Waals surface area contributed by atoms with Crippen LogP contribution in [0.5, 0.6) is 5.75 Å². The van der Waals surface area contributed by atoms with E-state index in [9.17, 15) is 27.9 Å². The molecule has 62 heavy (non-hydrogen) atoms. The van der Waals surface area contributed by atoms with Gasteiger partial charge in [0.15, 0.2) is 5.82 Å². The molecule has 3 aromatic carbocycles. The number of carbonyl (C=O) groups is 4. The third-order valence-corrected chi connectivity index (χ3v) is 15.3. The molecule has 6 atom stereocenters. The summed E-state index contributed by atoms with van der Waals surface area (Å²) < 4.78 is 43.8. The first-order valence-electron chi connectivity index (χ1n) is 19.8. The number of hydrazine groups is 1. The predicted octanol–water partition coefficient (Wildman–Crippen LogP) is 9.47. The van der Waals surface area contributed by atoms with Gasteiger partial charge in [0.1, 0.15) is 23.0 Å². The number of phenols is 1. The van der Waals surface area contributed by atoms with Crippen molar-refractivity contribution in [3.63, 3.8) is 0 Å². The number of amides is 4. The van der Waals surface area contributed by atoms with E-state index in [4.69, 9.17) is 28.3 Å². The molecule has 316 valence electrons. The largest absolute Gasteiger partial charge is 0.508 e. The molecule has 4 aliphatic rings. The summed E-state index contributed by atoms with van der Waals surface area (Å²) in [6, 6.07) is 19.7. The number of hydrogen-bond acceptors (Lipinski definition) is 9. The van der Waals surface area contributed by atoms with Crippen LogP contribution in [0.3, 0.4) is 0 Å². The Kier molecular flexibility index (Phi) is 9.02. The second-order valence-electron chi connectivity index (χ2n) is 16.6. The van der Waals surface area contributed by atoms with Gasteiger partial charge in [-0.05, 0) is 90.7 Å². The molecular weight excluding hydrogens is 864 g/mol. The number of alkyl halides is 3. The molecule has 0 spiro atoms. The second kappa shape index (κ2) is 13.9. The number of aromatic hydroxyl groups is 1. The molecule has 3 aromatic heterocycles. The molecular formula is C45H35Cl2F3N6O5S. The molecule has 4 amide bonds. The van der Waals surface area contributed by atoms with Gasteiger partial charge in [-0.2, -0.15) is 23.3 Å². The second-order valence-corrected chi connectivity index (χ2v) is 18.5. The van der Waals surface area contributed by atoms with Gasteiger partial charge in [0.2, 0.25) is 11.8 Å². The first kappa shape index (κ1) is 40.3. The summed E-state index contributed by atoms with van der Waals surface area (Å²) in [5.74, 6) is -7.52. The van der Waals surface area contributed by atoms with E-state index in [-0.39, 0.29) is 29.4 Å². The van der Waals surface area contributed by atoms with Gasteiger partial charge in [-0.3, -0.25) is 28.9 Å². The maximum absolute atomic E-state index is 15.4. The summed E-state index contributed by atoms with van der Waals surface area (Å²) >= 11 is 14.2. The predicted molar refractivity (Wildman–Crippen MR) is 229 cm³/mol. The van der Waals surface area contributed by atoms with E-state index in [1.165, 1.54) is 23.1 Å². The normalized spacial score (nSPS) is 24.9. The van der Waals surface area contributed by atoms with E-state index in [1.807, 2.05) is 55.5 Å². The van der Waals surface area contributed by atoms with Gasteiger partial charge < -0.3 is 5.11 Å². The van der Waals surface area contributed by atoms with Crippen molar-refractivity contribution in [2.24, 2.45) is 36.1 Å². The minimum absolute atomic E-state index is 0.00731. The quantitative estimate of drug-likeness (QED) is 0.134. The highest BCUT2D eigenvalue weighted by atomic mass is 35.5. The fourth-order valence-electron chi connectivity index (χ4n) is 10.5.